The van der Waals surface area contributed by atoms with E-state index in [9.17, 15) is 4.79 Å². The molecular formula is C23H28N2O2. The number of hydrogen-bond donors (Lipinski definition) is 1. The zero-order valence-corrected chi connectivity index (χ0v) is 16.2. The quantitative estimate of drug-likeness (QED) is 0.843. The molecule has 1 aliphatic carbocycles. The zero-order chi connectivity index (χ0) is 18.9. The first-order valence-corrected chi connectivity index (χ1v) is 9.92. The lowest BCUT2D eigenvalue weighted by Crippen LogP contribution is -2.32. The summed E-state index contributed by atoms with van der Waals surface area (Å²) in [6.45, 7) is 4.56. The average molecular weight is 364 g/mol. The molecule has 4 nitrogen and oxygen atoms in total. The van der Waals surface area contributed by atoms with Gasteiger partial charge in [0.2, 0.25) is 5.91 Å². The Balaban J connectivity index is 1.42. The van der Waals surface area contributed by atoms with E-state index in [0.717, 1.165) is 48.8 Å². The predicted octanol–water partition coefficient (Wildman–Crippen LogP) is 4.60. The van der Waals surface area contributed by atoms with Gasteiger partial charge < -0.3 is 15.0 Å². The maximum Gasteiger partial charge on any atom is 0.235 e. The van der Waals surface area contributed by atoms with Crippen molar-refractivity contribution in [3.63, 3.8) is 0 Å². The van der Waals surface area contributed by atoms with Crippen LogP contribution in [-0.2, 0) is 10.2 Å². The minimum atomic E-state index is -0.381. The molecule has 1 saturated carbocycles. The zero-order valence-electron chi connectivity index (χ0n) is 16.2. The highest BCUT2D eigenvalue weighted by Crippen LogP contribution is 2.49. The van der Waals surface area contributed by atoms with E-state index in [0.29, 0.717) is 0 Å². The number of nitrogens with zero attached hydrogens (tertiary/aromatic N) is 1. The third kappa shape index (κ3) is 3.66. The van der Waals surface area contributed by atoms with Crippen molar-refractivity contribution in [1.29, 1.82) is 0 Å². The Morgan fingerprint density at radius 2 is 1.67 bits per heavy atom. The van der Waals surface area contributed by atoms with Crippen molar-refractivity contribution in [3.05, 3.63) is 54.1 Å². The predicted molar refractivity (Wildman–Crippen MR) is 110 cm³/mol. The summed E-state index contributed by atoms with van der Waals surface area (Å²) in [6, 6.07) is 16.2. The lowest BCUT2D eigenvalue weighted by atomic mass is 9.94. The molecule has 0 aromatic heterocycles. The van der Waals surface area contributed by atoms with Crippen LogP contribution in [0.4, 0.5) is 11.4 Å². The molecule has 1 saturated heterocycles. The van der Waals surface area contributed by atoms with Gasteiger partial charge in [0.05, 0.1) is 12.5 Å². The number of piperidine rings is 1. The van der Waals surface area contributed by atoms with Gasteiger partial charge in [-0.25, -0.2) is 0 Å². The van der Waals surface area contributed by atoms with Crippen LogP contribution in [0.1, 0.15) is 38.2 Å². The first kappa shape index (κ1) is 17.9. The standard InChI is InChI=1S/C23H28N2O2/c1-17-11-15-25(16-12-17)20-7-5-19(6-8-20)24-22(26)23(13-14-23)18-3-9-21(27-2)10-4-18/h3-10,17H,11-16H2,1-2H3,(H,24,26). The van der Waals surface area contributed by atoms with Crippen molar-refractivity contribution < 1.29 is 9.53 Å². The number of amides is 1. The maximum absolute atomic E-state index is 12.9. The van der Waals surface area contributed by atoms with Crippen molar-refractivity contribution in [3.8, 4) is 5.75 Å². The van der Waals surface area contributed by atoms with Crippen LogP contribution in [0.5, 0.6) is 5.75 Å². The van der Waals surface area contributed by atoms with Gasteiger partial charge in [0.15, 0.2) is 0 Å². The second kappa shape index (κ2) is 7.26. The van der Waals surface area contributed by atoms with Crippen molar-refractivity contribution in [2.45, 2.75) is 38.0 Å². The molecular weight excluding hydrogens is 336 g/mol. The Morgan fingerprint density at radius 1 is 1.04 bits per heavy atom. The summed E-state index contributed by atoms with van der Waals surface area (Å²) in [7, 11) is 1.66. The SMILES string of the molecule is COc1ccc(C2(C(=O)Nc3ccc(N4CCC(C)CC4)cc3)CC2)cc1. The fourth-order valence-electron chi connectivity index (χ4n) is 3.95. The number of anilines is 2. The molecule has 0 atom stereocenters. The number of methoxy groups -OCH3 is 1. The van der Waals surface area contributed by atoms with Crippen LogP contribution in [0, 0.1) is 5.92 Å². The molecule has 0 unspecified atom stereocenters. The number of ether oxygens (including phenoxy) is 1. The average Bonchev–Trinajstić information content (AvgIpc) is 3.51. The molecule has 1 amide bonds. The van der Waals surface area contributed by atoms with Crippen molar-refractivity contribution in [2.24, 2.45) is 5.92 Å². The second-order valence-electron chi connectivity index (χ2n) is 7.98. The maximum atomic E-state index is 12.9. The minimum absolute atomic E-state index is 0.0900. The number of carbonyl (C=O) groups is 1. The lowest BCUT2D eigenvalue weighted by molar-refractivity contribution is -0.118. The topological polar surface area (TPSA) is 41.6 Å². The molecule has 2 aliphatic rings. The van der Waals surface area contributed by atoms with Crippen LogP contribution in [-0.4, -0.2) is 26.1 Å². The Hall–Kier alpha value is -2.49. The molecule has 4 rings (SSSR count). The van der Waals surface area contributed by atoms with Crippen LogP contribution in [0.3, 0.4) is 0 Å². The molecule has 1 N–H and O–H groups in total. The van der Waals surface area contributed by atoms with Gasteiger partial charge in [0, 0.05) is 24.5 Å². The lowest BCUT2D eigenvalue weighted by Gasteiger charge is -2.32. The highest BCUT2D eigenvalue weighted by atomic mass is 16.5. The first-order valence-electron chi connectivity index (χ1n) is 9.92. The molecule has 0 bridgehead atoms. The highest BCUT2D eigenvalue weighted by Gasteiger charge is 2.51. The van der Waals surface area contributed by atoms with Gasteiger partial charge in [-0.2, -0.15) is 0 Å². The summed E-state index contributed by atoms with van der Waals surface area (Å²) in [5.41, 5.74) is 2.80. The number of rotatable bonds is 5. The fourth-order valence-corrected chi connectivity index (χ4v) is 3.95. The summed E-state index contributed by atoms with van der Waals surface area (Å²) < 4.78 is 5.22. The van der Waals surface area contributed by atoms with E-state index in [1.807, 2.05) is 36.4 Å². The van der Waals surface area contributed by atoms with E-state index in [2.05, 4.69) is 29.3 Å². The number of benzene rings is 2. The summed E-state index contributed by atoms with van der Waals surface area (Å²) in [5.74, 6) is 1.73. The van der Waals surface area contributed by atoms with E-state index in [1.54, 1.807) is 7.11 Å². The van der Waals surface area contributed by atoms with Crippen LogP contribution in [0.25, 0.3) is 0 Å². The molecule has 2 aromatic rings. The van der Waals surface area contributed by atoms with Gasteiger partial charge in [0.1, 0.15) is 5.75 Å². The van der Waals surface area contributed by atoms with Crippen LogP contribution in [0.2, 0.25) is 0 Å². The second-order valence-corrected chi connectivity index (χ2v) is 7.98. The molecule has 2 fully saturated rings. The monoisotopic (exact) mass is 364 g/mol. The molecule has 1 heterocycles. The van der Waals surface area contributed by atoms with Crippen LogP contribution in [0.15, 0.2) is 48.5 Å². The largest absolute Gasteiger partial charge is 0.497 e. The van der Waals surface area contributed by atoms with Crippen LogP contribution >= 0.6 is 0 Å². The van der Waals surface area contributed by atoms with E-state index in [4.69, 9.17) is 4.74 Å². The van der Waals surface area contributed by atoms with Gasteiger partial charge in [-0.15, -0.1) is 0 Å². The summed E-state index contributed by atoms with van der Waals surface area (Å²) in [6.07, 6.45) is 4.30. The third-order valence-electron chi connectivity index (χ3n) is 6.10. The Bertz CT molecular complexity index is 786. The molecule has 142 valence electrons. The van der Waals surface area contributed by atoms with Crippen molar-refractivity contribution >= 4 is 17.3 Å². The summed E-state index contributed by atoms with van der Waals surface area (Å²) >= 11 is 0. The van der Waals surface area contributed by atoms with Gasteiger partial charge in [-0.3, -0.25) is 4.79 Å². The van der Waals surface area contributed by atoms with Gasteiger partial charge in [-0.05, 0) is 73.6 Å². The molecule has 2 aromatic carbocycles. The normalized spacial score (nSPS) is 18.8. The Morgan fingerprint density at radius 3 is 2.22 bits per heavy atom. The van der Waals surface area contributed by atoms with Gasteiger partial charge in [0.25, 0.3) is 0 Å². The summed E-state index contributed by atoms with van der Waals surface area (Å²) in [5, 5.41) is 3.12. The first-order chi connectivity index (χ1) is 13.1. The van der Waals surface area contributed by atoms with Crippen molar-refractivity contribution in [2.75, 3.05) is 30.4 Å². The molecule has 27 heavy (non-hydrogen) atoms. The smallest absolute Gasteiger partial charge is 0.235 e. The third-order valence-corrected chi connectivity index (χ3v) is 6.10. The minimum Gasteiger partial charge on any atom is -0.497 e. The van der Waals surface area contributed by atoms with E-state index < -0.39 is 0 Å². The van der Waals surface area contributed by atoms with E-state index in [1.165, 1.54) is 18.5 Å². The Kier molecular flexibility index (Phi) is 4.81. The molecule has 0 radical (unpaired) electrons. The van der Waals surface area contributed by atoms with Crippen LogP contribution < -0.4 is 15.0 Å². The molecule has 1 aliphatic heterocycles. The van der Waals surface area contributed by atoms with E-state index >= 15 is 0 Å². The van der Waals surface area contributed by atoms with Crippen molar-refractivity contribution in [1.82, 2.24) is 0 Å². The van der Waals surface area contributed by atoms with E-state index in [-0.39, 0.29) is 11.3 Å². The fraction of sp³-hybridized carbons (Fsp3) is 0.435. The Labute approximate surface area is 161 Å². The highest BCUT2D eigenvalue weighted by molar-refractivity contribution is 6.01. The van der Waals surface area contributed by atoms with Gasteiger partial charge >= 0.3 is 0 Å². The number of carbonyl (C=O) groups excluding carboxylic acids is 1. The van der Waals surface area contributed by atoms with Gasteiger partial charge in [-0.1, -0.05) is 19.1 Å². The number of nitrogens with one attached hydrogen (secondary N) is 1. The molecule has 0 spiro atoms. The molecule has 4 heteroatoms. The summed E-state index contributed by atoms with van der Waals surface area (Å²) in [4.78, 5) is 15.4. The number of hydrogen-bond acceptors (Lipinski definition) is 3.